The molecule has 2 heterocycles. The Morgan fingerprint density at radius 3 is 3.07 bits per heavy atom. The Bertz CT molecular complexity index is 359. The van der Waals surface area contributed by atoms with Crippen LogP contribution >= 0.6 is 39.1 Å². The maximum atomic E-state index is 6.15. The Morgan fingerprint density at radius 2 is 2.40 bits per heavy atom. The molecule has 82 valence electrons. The van der Waals surface area contributed by atoms with Crippen molar-refractivity contribution in [1.29, 1.82) is 0 Å². The van der Waals surface area contributed by atoms with Gasteiger partial charge in [-0.25, -0.2) is 4.98 Å². The fourth-order valence-electron chi connectivity index (χ4n) is 1.89. The van der Waals surface area contributed by atoms with E-state index in [-0.39, 0.29) is 0 Å². The average Bonchev–Trinajstić information content (AvgIpc) is 2.65. The van der Waals surface area contributed by atoms with Crippen molar-refractivity contribution in [3.8, 4) is 0 Å². The number of nitrogens with zero attached hydrogens (tertiary/aromatic N) is 2. The normalized spacial score (nSPS) is 21.0. The summed E-state index contributed by atoms with van der Waals surface area (Å²) in [6, 6.07) is 2.24. The lowest BCUT2D eigenvalue weighted by Gasteiger charge is -2.24. The first-order chi connectivity index (χ1) is 7.22. The van der Waals surface area contributed by atoms with Crippen LogP contribution in [0.25, 0.3) is 0 Å². The summed E-state index contributed by atoms with van der Waals surface area (Å²) in [7, 11) is 0. The number of hydrogen-bond donors (Lipinski definition) is 0. The van der Waals surface area contributed by atoms with E-state index in [4.69, 9.17) is 23.2 Å². The maximum absolute atomic E-state index is 6.15. The van der Waals surface area contributed by atoms with Crippen molar-refractivity contribution in [3.05, 3.63) is 21.8 Å². The minimum absolute atomic E-state index is 0.373. The second kappa shape index (κ2) is 4.89. The minimum atomic E-state index is 0.373. The third kappa shape index (κ3) is 2.40. The van der Waals surface area contributed by atoms with Gasteiger partial charge in [-0.3, -0.25) is 0 Å². The highest BCUT2D eigenvalue weighted by Crippen LogP contribution is 2.31. The van der Waals surface area contributed by atoms with Crippen LogP contribution in [0.5, 0.6) is 0 Å². The highest BCUT2D eigenvalue weighted by molar-refractivity contribution is 9.10. The van der Waals surface area contributed by atoms with E-state index in [1.54, 1.807) is 6.20 Å². The number of halogens is 3. The number of alkyl halides is 1. The van der Waals surface area contributed by atoms with Gasteiger partial charge in [-0.2, -0.15) is 0 Å². The maximum Gasteiger partial charge on any atom is 0.147 e. The van der Waals surface area contributed by atoms with Gasteiger partial charge in [-0.15, -0.1) is 11.6 Å². The van der Waals surface area contributed by atoms with E-state index in [0.717, 1.165) is 29.7 Å². The van der Waals surface area contributed by atoms with Gasteiger partial charge in [0.1, 0.15) is 5.82 Å². The first-order valence-corrected chi connectivity index (χ1v) is 6.56. The SMILES string of the molecule is ClCC1CCCN1c1ncc(Br)cc1Cl. The van der Waals surface area contributed by atoms with Crippen LogP contribution in [0.15, 0.2) is 16.7 Å². The zero-order valence-corrected chi connectivity index (χ0v) is 11.2. The molecule has 0 radical (unpaired) electrons. The molecule has 0 saturated carbocycles. The van der Waals surface area contributed by atoms with E-state index in [2.05, 4.69) is 25.8 Å². The van der Waals surface area contributed by atoms with Crippen molar-refractivity contribution >= 4 is 44.9 Å². The molecular formula is C10H11BrCl2N2. The Balaban J connectivity index is 2.28. The Kier molecular flexibility index (Phi) is 3.75. The molecule has 1 saturated heterocycles. The second-order valence-corrected chi connectivity index (χ2v) is 5.23. The highest BCUT2D eigenvalue weighted by atomic mass is 79.9. The van der Waals surface area contributed by atoms with Gasteiger partial charge in [0.2, 0.25) is 0 Å². The first kappa shape index (κ1) is 11.5. The van der Waals surface area contributed by atoms with Gasteiger partial charge in [0.05, 0.1) is 5.02 Å². The van der Waals surface area contributed by atoms with Crippen molar-refractivity contribution in [2.45, 2.75) is 18.9 Å². The monoisotopic (exact) mass is 308 g/mol. The average molecular weight is 310 g/mol. The van der Waals surface area contributed by atoms with Crippen LogP contribution in [-0.4, -0.2) is 23.5 Å². The predicted molar refractivity (Wildman–Crippen MR) is 68.0 cm³/mol. The summed E-state index contributed by atoms with van der Waals surface area (Å²) >= 11 is 15.4. The number of pyridine rings is 1. The molecule has 1 fully saturated rings. The summed E-state index contributed by atoms with van der Waals surface area (Å²) < 4.78 is 0.901. The van der Waals surface area contributed by atoms with Crippen LogP contribution < -0.4 is 4.90 Å². The molecule has 2 nitrogen and oxygen atoms in total. The molecule has 1 aliphatic heterocycles. The van der Waals surface area contributed by atoms with Crippen LogP contribution in [0.3, 0.4) is 0 Å². The van der Waals surface area contributed by atoms with Crippen LogP contribution in [0, 0.1) is 0 Å². The third-order valence-electron chi connectivity index (χ3n) is 2.62. The number of anilines is 1. The minimum Gasteiger partial charge on any atom is -0.351 e. The zero-order chi connectivity index (χ0) is 10.8. The number of hydrogen-bond acceptors (Lipinski definition) is 2. The van der Waals surface area contributed by atoms with Gasteiger partial charge >= 0.3 is 0 Å². The number of rotatable bonds is 2. The van der Waals surface area contributed by atoms with E-state index in [9.17, 15) is 0 Å². The van der Waals surface area contributed by atoms with Gasteiger partial charge in [0, 0.05) is 29.1 Å². The van der Waals surface area contributed by atoms with Gasteiger partial charge in [-0.05, 0) is 34.8 Å². The van der Waals surface area contributed by atoms with Crippen LogP contribution in [0.4, 0.5) is 5.82 Å². The molecule has 5 heteroatoms. The summed E-state index contributed by atoms with van der Waals surface area (Å²) in [6.45, 7) is 0.992. The van der Waals surface area contributed by atoms with Crippen LogP contribution in [-0.2, 0) is 0 Å². The van der Waals surface area contributed by atoms with Crippen molar-refractivity contribution in [2.75, 3.05) is 17.3 Å². The molecule has 1 atom stereocenters. The van der Waals surface area contributed by atoms with Crippen molar-refractivity contribution < 1.29 is 0 Å². The quantitative estimate of drug-likeness (QED) is 0.774. The molecule has 2 rings (SSSR count). The molecule has 0 spiro atoms. The summed E-state index contributed by atoms with van der Waals surface area (Å²) in [4.78, 5) is 6.54. The molecule has 0 aliphatic carbocycles. The fourth-order valence-corrected chi connectivity index (χ4v) is 2.95. The van der Waals surface area contributed by atoms with E-state index in [0.29, 0.717) is 16.9 Å². The largest absolute Gasteiger partial charge is 0.351 e. The molecule has 0 bridgehead atoms. The van der Waals surface area contributed by atoms with Crippen molar-refractivity contribution in [1.82, 2.24) is 4.98 Å². The Hall–Kier alpha value is 0.01000. The molecule has 15 heavy (non-hydrogen) atoms. The van der Waals surface area contributed by atoms with Crippen molar-refractivity contribution in [2.24, 2.45) is 0 Å². The molecule has 1 aromatic rings. The topological polar surface area (TPSA) is 16.1 Å². The molecule has 0 amide bonds. The summed E-state index contributed by atoms with van der Waals surface area (Å²) in [5, 5.41) is 0.682. The molecule has 1 unspecified atom stereocenters. The molecule has 1 aromatic heterocycles. The molecule has 0 aromatic carbocycles. The van der Waals surface area contributed by atoms with Gasteiger partial charge in [-0.1, -0.05) is 11.6 Å². The second-order valence-electron chi connectivity index (χ2n) is 3.60. The van der Waals surface area contributed by atoms with E-state index in [1.165, 1.54) is 0 Å². The summed E-state index contributed by atoms with van der Waals surface area (Å²) in [6.07, 6.45) is 4.05. The van der Waals surface area contributed by atoms with E-state index in [1.807, 2.05) is 6.07 Å². The Morgan fingerprint density at radius 1 is 1.60 bits per heavy atom. The van der Waals surface area contributed by atoms with Gasteiger partial charge in [0.15, 0.2) is 0 Å². The van der Waals surface area contributed by atoms with Gasteiger partial charge < -0.3 is 4.90 Å². The summed E-state index contributed by atoms with van der Waals surface area (Å²) in [5.41, 5.74) is 0. The van der Waals surface area contributed by atoms with E-state index < -0.39 is 0 Å². The lowest BCUT2D eigenvalue weighted by Crippen LogP contribution is -2.31. The third-order valence-corrected chi connectivity index (χ3v) is 3.68. The first-order valence-electron chi connectivity index (χ1n) is 4.86. The van der Waals surface area contributed by atoms with Crippen LogP contribution in [0.1, 0.15) is 12.8 Å². The number of aromatic nitrogens is 1. The van der Waals surface area contributed by atoms with E-state index >= 15 is 0 Å². The fraction of sp³-hybridized carbons (Fsp3) is 0.500. The molecule has 0 N–H and O–H groups in total. The highest BCUT2D eigenvalue weighted by Gasteiger charge is 2.26. The molecule has 1 aliphatic rings. The van der Waals surface area contributed by atoms with Gasteiger partial charge in [0.25, 0.3) is 0 Å². The van der Waals surface area contributed by atoms with Crippen LogP contribution in [0.2, 0.25) is 5.02 Å². The zero-order valence-electron chi connectivity index (χ0n) is 8.09. The predicted octanol–water partition coefficient (Wildman–Crippen LogP) is 3.71. The lowest BCUT2D eigenvalue weighted by atomic mass is 10.2. The standard InChI is InChI=1S/C10H11BrCl2N2/c11-7-4-9(13)10(14-6-7)15-3-1-2-8(15)5-12/h4,6,8H,1-3,5H2. The smallest absolute Gasteiger partial charge is 0.147 e. The Labute approximate surface area is 108 Å². The lowest BCUT2D eigenvalue weighted by molar-refractivity contribution is 0.733. The van der Waals surface area contributed by atoms with Crippen molar-refractivity contribution in [3.63, 3.8) is 0 Å². The molecular weight excluding hydrogens is 299 g/mol. The summed E-state index contributed by atoms with van der Waals surface area (Å²) in [5.74, 6) is 1.48.